The Morgan fingerprint density at radius 2 is 0.621 bits per heavy atom. The molecule has 14 unspecified atom stereocenters. The number of aliphatic hydroxyl groups excluding tert-OH is 2. The molecule has 0 aromatic carbocycles. The zero-order chi connectivity index (χ0) is 111. The van der Waals surface area contributed by atoms with E-state index in [2.05, 4.69) is 88.8 Å². The van der Waals surface area contributed by atoms with Gasteiger partial charge in [-0.3, -0.25) is 15.3 Å². The highest BCUT2D eigenvalue weighted by Gasteiger charge is 2.54. The van der Waals surface area contributed by atoms with Crippen LogP contribution in [0.3, 0.4) is 0 Å². The Morgan fingerprint density at radius 1 is 0.393 bits per heavy atom. The van der Waals surface area contributed by atoms with Crippen LogP contribution in [0.15, 0.2) is 0 Å². The summed E-state index contributed by atoms with van der Waals surface area (Å²) in [6, 6.07) is 11.9. The minimum Gasteiger partial charge on any atom is -0.387 e. The maximum Gasteiger partial charge on any atom is 0.423 e. The van der Waals surface area contributed by atoms with Gasteiger partial charge in [0.2, 0.25) is 0 Å². The number of ether oxygens (including phenoxy) is 8. The molecule has 0 aromatic rings. The monoisotopic (exact) mass is 2390 g/mol. The van der Waals surface area contributed by atoms with Crippen LogP contribution in [-0.4, -0.2) is 394 Å². The molecule has 0 aromatic heterocycles. The number of halogens is 16. The molecule has 8 heterocycles. The van der Waals surface area contributed by atoms with Gasteiger partial charge < -0.3 is 112 Å². The Kier molecular flexibility index (Phi) is 72.8. The van der Waals surface area contributed by atoms with E-state index in [1.54, 1.807) is 69.6 Å². The Bertz CT molecular complexity index is 4080. The second-order valence-corrected chi connectivity index (χ2v) is 54.0. The first-order valence-corrected chi connectivity index (χ1v) is 61.3. The summed E-state index contributed by atoms with van der Waals surface area (Å²) in [5, 5.41) is 89.6. The molecule has 8 aliphatic heterocycles. The average molecular weight is 2390 g/mol. The number of alkyl halides is 16. The van der Waals surface area contributed by atoms with Crippen LogP contribution >= 0.6 is 148 Å². The second-order valence-electron chi connectivity index (χ2n) is 34.4. The smallest absolute Gasteiger partial charge is 0.387 e. The Hall–Kier alpha value is -0.440. The van der Waals surface area contributed by atoms with Gasteiger partial charge in [-0.25, -0.2) is 39.8 Å². The number of hydrogen-bond acceptors (Lipinski definition) is 37. The quantitative estimate of drug-likeness (QED) is 0.0117. The highest BCUT2D eigenvalue weighted by atomic mass is 35.6. The molecule has 0 aliphatic carbocycles. The topological polar surface area (TPSA) is 495 Å². The SMILES string of the molecule is C=P(NC[C@H]1O[C@@H](C)[C@@H](F)C1O)(OCCC#N)OC1[C@@H](CNC)O[C@@H](C)[C@H]1F.C=P(NC[C@H]1O[C@@H](C)[C@@H](F)C1OP(OCCC#N)N(C(C)C)C(C)C)(OCCC#N)OC1[C@@H](CNC)O[C@@H](C)[C@H]1F.C=[P+](OCCC#N)OC1[C@@H](CNC)O[C@@H](C)[C@H]1F.C=[P+](OCCC#N)OC1[C@@H](CNP(=C)(OCCC#N)OC2[C@@H](CN)O[C@@H](C)[C@H]2F)O[C@@H](C)[C@H]1F.CP(C)C.C[C@@H]1O[C@H](CN)C(O)[C@@H]1F.ClC(Cl)(Cl)Cl.ClC(Cl)(Cl)Cl.[HH].[HH].[HH]. The molecular formula is C85H156Cl8F8N15O22P7+2. The third-order valence-electron chi connectivity index (χ3n) is 21.1. The Morgan fingerprint density at radius 3 is 0.890 bits per heavy atom. The fourth-order valence-electron chi connectivity index (χ4n) is 14.4. The molecule has 12 N–H and O–H groups in total. The van der Waals surface area contributed by atoms with Crippen LogP contribution in [0, 0.1) is 68.0 Å². The molecule has 8 fully saturated rings. The van der Waals surface area contributed by atoms with Gasteiger partial charge in [-0.15, -0.1) is 17.0 Å². The minimum atomic E-state index is -3.23. The predicted molar refractivity (Wildman–Crippen MR) is 569 cm³/mol. The molecule has 848 valence electrons. The molecule has 0 bridgehead atoms. The second kappa shape index (κ2) is 74.0. The Balaban J connectivity index is -0.00000178. The molecule has 8 rings (SSSR count). The van der Waals surface area contributed by atoms with E-state index in [0.29, 0.717) is 27.6 Å². The average Bonchev–Trinajstić information content (AvgIpc) is 1.54. The summed E-state index contributed by atoms with van der Waals surface area (Å²) < 4.78 is 228. The molecule has 8 saturated heterocycles. The zero-order valence-corrected chi connectivity index (χ0v) is 97.1. The van der Waals surface area contributed by atoms with Crippen molar-refractivity contribution in [2.75, 3.05) is 133 Å². The van der Waals surface area contributed by atoms with Crippen LogP contribution in [0.25, 0.3) is 0 Å². The van der Waals surface area contributed by atoms with Crippen LogP contribution < -0.4 is 42.7 Å². The normalized spacial score (nSPS) is 33.6. The molecule has 60 heteroatoms. The van der Waals surface area contributed by atoms with Gasteiger partial charge in [-0.1, -0.05) is 92.8 Å². The lowest BCUT2D eigenvalue weighted by atomic mass is 10.1. The van der Waals surface area contributed by atoms with Crippen molar-refractivity contribution in [1.82, 2.24) is 35.9 Å². The van der Waals surface area contributed by atoms with E-state index in [4.69, 9.17) is 233 Å². The predicted octanol–water partition coefficient (Wildman–Crippen LogP) is 15.5. The summed E-state index contributed by atoms with van der Waals surface area (Å²) in [5.74, 6) is 0. The van der Waals surface area contributed by atoms with E-state index in [-0.39, 0.29) is 133 Å². The van der Waals surface area contributed by atoms with Gasteiger partial charge in [0.1, 0.15) is 80.7 Å². The molecule has 0 spiro atoms. The maximum absolute atomic E-state index is 15.5. The van der Waals surface area contributed by atoms with Gasteiger partial charge in [0, 0.05) is 68.7 Å². The lowest BCUT2D eigenvalue weighted by Crippen LogP contribution is -2.42. The third-order valence-corrected chi connectivity index (χ3v) is 30.7. The zero-order valence-electron chi connectivity index (χ0n) is 84.8. The molecule has 38 atom stereocenters. The summed E-state index contributed by atoms with van der Waals surface area (Å²) >= 11 is 38.6. The molecular weight excluding hydrogens is 2240 g/mol. The van der Waals surface area contributed by atoms with Gasteiger partial charge in [0.05, 0.1) is 181 Å². The number of hydrogen-bond donors (Lipinski definition) is 10. The van der Waals surface area contributed by atoms with Crippen molar-refractivity contribution in [3.63, 3.8) is 0 Å². The third kappa shape index (κ3) is 54.1. The summed E-state index contributed by atoms with van der Waals surface area (Å²) in [6.45, 7) is 29.6. The molecule has 8 aliphatic rings. The lowest BCUT2D eigenvalue weighted by Gasteiger charge is -2.38. The van der Waals surface area contributed by atoms with Crippen molar-refractivity contribution in [3.8, 4) is 36.4 Å². The number of nitrogens with zero attached hydrogens (tertiary/aromatic N) is 7. The summed E-state index contributed by atoms with van der Waals surface area (Å²) in [5.41, 5.74) is 10.9. The van der Waals surface area contributed by atoms with Crippen molar-refractivity contribution < 1.29 is 142 Å². The van der Waals surface area contributed by atoms with Gasteiger partial charge in [-0.2, -0.15) is 40.6 Å². The fourth-order valence-corrected chi connectivity index (χ4v) is 23.1. The maximum atomic E-state index is 15.5. The first kappa shape index (κ1) is 143. The van der Waals surface area contributed by atoms with Crippen LogP contribution in [0.4, 0.5) is 35.1 Å². The molecule has 0 radical (unpaired) electrons. The van der Waals surface area contributed by atoms with Crippen LogP contribution in [0.1, 0.15) is 126 Å². The van der Waals surface area contributed by atoms with E-state index in [1.807, 2.05) is 62.7 Å². The largest absolute Gasteiger partial charge is 0.423 e. The van der Waals surface area contributed by atoms with Gasteiger partial charge in [-0.05, 0) is 143 Å². The van der Waals surface area contributed by atoms with E-state index in [0.717, 1.165) is 0 Å². The summed E-state index contributed by atoms with van der Waals surface area (Å²) in [7, 11) is -8.78. The summed E-state index contributed by atoms with van der Waals surface area (Å²) in [6.07, 6.45) is -9.01. The number of likely N-dealkylation sites (N-methyl/N-ethyl adjacent to an activating group) is 3. The molecule has 37 nitrogen and oxygen atoms in total. The van der Waals surface area contributed by atoms with Crippen molar-refractivity contribution >= 4 is 179 Å². The van der Waals surface area contributed by atoms with Crippen LogP contribution in [-0.2, 0) is 92.2 Å². The first-order valence-electron chi connectivity index (χ1n) is 46.3. The van der Waals surface area contributed by atoms with Gasteiger partial charge >= 0.3 is 16.0 Å². The molecule has 0 saturated carbocycles. The summed E-state index contributed by atoms with van der Waals surface area (Å²) in [4.78, 5) is 0. The first-order chi connectivity index (χ1) is 67.7. The standard InChI is InChI=1S/C26H47F2N5O6P2.C20H33F2N4O6P2.C17H30F2N3O5P.C11H19FN2O3P.C6H12FNO2.C3H9P.2CCl4.3H2/c1-17(2)33(18(3)4)40(34-13-9-11-29)38-25-22(37-19(5)23(25)27)16-32-41(8,35-14-10-12-30)39-26-21(15-31-7)36-20(6)24(26)28;1-13-17(21)19(31-33(3)27-9-5-7-23)16(30-13)12-26-34(4,28-10-6-8-24)32-20-15(11-25)29-14(2)18(20)22;1-10-14(18)16(23)12(25-10)9-22-28(4,24-7-5-6-20)27-17-13(8-21-3)26-11(2)15(17)19;1-8-10(12)11(9(16-8)7-14-2)17-18(3)15-6-4-5-13;1-3-5(7)6(9)4(2-8)10-3;1-4(2)3;2*2-1(3,4)5;;;/h17-26,31-32H,8-10,13-16H2,1-7H3;13-20,26H,3-6,9-12,25H2,1-2H3;10-17,21-23H,4-5,7-9H2,1-3H3;8-11,14H,3-4,6-7H2,1-2H3;3-6,9H,2,8H2,1H3;1-3H3;;;3*1H/q;+1;;+1;;;;;;;/t19-,20-,21+,22+,23+,24+,25?,26?,40?,41?;13-,14-,15+,16+,17+,18+,19?,20?,34?;10-,11-,12+,13+,14+,15+,16?,17?,28?;8-,9+,10+,11?;3-,4+,5+,6?;;;;;;/m00000....../s1. The highest BCUT2D eigenvalue weighted by molar-refractivity contribution is 7.63. The van der Waals surface area contributed by atoms with Crippen molar-refractivity contribution in [2.24, 2.45) is 11.5 Å². The van der Waals surface area contributed by atoms with Crippen molar-refractivity contribution in [3.05, 3.63) is 0 Å². The van der Waals surface area contributed by atoms with Gasteiger partial charge in [0.25, 0.3) is 15.0 Å². The van der Waals surface area contributed by atoms with Crippen LogP contribution in [0.2, 0.25) is 0 Å². The van der Waals surface area contributed by atoms with E-state index in [1.165, 1.54) is 6.92 Å². The number of nitriles is 6. The number of nitrogens with one attached hydrogen (secondary N) is 6. The Labute approximate surface area is 899 Å². The number of aliphatic hydroxyl groups is 2. The molecule has 145 heavy (non-hydrogen) atoms. The fraction of sp³-hybridized carbons (Fsp3) is 0.871. The molecule has 0 amide bonds. The highest BCUT2D eigenvalue weighted by Crippen LogP contribution is 2.54. The number of nitrogens with two attached hydrogens (primary N) is 2. The lowest BCUT2D eigenvalue weighted by molar-refractivity contribution is 0.0151. The van der Waals surface area contributed by atoms with E-state index in [9.17, 15) is 31.4 Å². The van der Waals surface area contributed by atoms with Crippen molar-refractivity contribution in [2.45, 2.75) is 336 Å². The van der Waals surface area contributed by atoms with E-state index >= 15 is 8.78 Å². The number of rotatable bonds is 50. The van der Waals surface area contributed by atoms with E-state index < -0.39 is 243 Å². The van der Waals surface area contributed by atoms with Gasteiger partial charge in [0.15, 0.2) is 84.1 Å². The van der Waals surface area contributed by atoms with Crippen LogP contribution in [0.5, 0.6) is 0 Å². The minimum absolute atomic E-state index is 0. The van der Waals surface area contributed by atoms with Crippen molar-refractivity contribution in [1.29, 1.82) is 31.6 Å².